The highest BCUT2D eigenvalue weighted by molar-refractivity contribution is 14.0. The molecular weight excluding hydrogens is 448 g/mol. The van der Waals surface area contributed by atoms with Crippen molar-refractivity contribution in [2.24, 2.45) is 4.99 Å². The largest absolute Gasteiger partial charge is 0.377 e. The highest BCUT2D eigenvalue weighted by atomic mass is 127. The van der Waals surface area contributed by atoms with Gasteiger partial charge in [0, 0.05) is 32.2 Å². The summed E-state index contributed by atoms with van der Waals surface area (Å²) in [5.41, 5.74) is 0.706. The fourth-order valence-corrected chi connectivity index (χ4v) is 3.29. The van der Waals surface area contributed by atoms with Crippen LogP contribution in [-0.4, -0.2) is 52.0 Å². The predicted molar refractivity (Wildman–Crippen MR) is 112 cm³/mol. The number of nitrogens with zero attached hydrogens (tertiary/aromatic N) is 1. The van der Waals surface area contributed by atoms with Crippen LogP contribution in [-0.2, 0) is 14.9 Å². The molecule has 1 aliphatic heterocycles. The smallest absolute Gasteiger partial charge is 0.191 e. The Morgan fingerprint density at radius 2 is 2.15 bits per heavy atom. The maximum Gasteiger partial charge on any atom is 0.191 e. The average Bonchev–Trinajstić information content (AvgIpc) is 3.23. The van der Waals surface area contributed by atoms with Gasteiger partial charge in [0.1, 0.15) is 5.82 Å². The number of nitrogens with one attached hydrogen (secondary N) is 2. The van der Waals surface area contributed by atoms with Crippen LogP contribution in [0.15, 0.2) is 29.3 Å². The summed E-state index contributed by atoms with van der Waals surface area (Å²) in [6, 6.07) is 7.06. The molecule has 5 nitrogen and oxygen atoms in total. The molecule has 7 heteroatoms. The van der Waals surface area contributed by atoms with Gasteiger partial charge < -0.3 is 20.1 Å². The van der Waals surface area contributed by atoms with Crippen molar-refractivity contribution in [1.82, 2.24) is 10.6 Å². The van der Waals surface area contributed by atoms with E-state index >= 15 is 0 Å². The van der Waals surface area contributed by atoms with Gasteiger partial charge in [0.05, 0.1) is 19.3 Å². The lowest BCUT2D eigenvalue weighted by atomic mass is 9.95. The zero-order valence-corrected chi connectivity index (χ0v) is 17.6. The summed E-state index contributed by atoms with van der Waals surface area (Å²) < 4.78 is 25.2. The summed E-state index contributed by atoms with van der Waals surface area (Å²) in [7, 11) is 1.74. The van der Waals surface area contributed by atoms with Gasteiger partial charge in [-0.05, 0) is 37.3 Å². The van der Waals surface area contributed by atoms with Gasteiger partial charge in [-0.15, -0.1) is 24.0 Å². The Bertz CT molecular complexity index is 590. The predicted octanol–water partition coefficient (Wildman–Crippen LogP) is 2.84. The Hall–Kier alpha value is -0.930. The van der Waals surface area contributed by atoms with Crippen molar-refractivity contribution in [3.8, 4) is 0 Å². The number of aliphatic imine (C=N–C) groups is 1. The summed E-state index contributed by atoms with van der Waals surface area (Å²) in [6.07, 6.45) is 4.49. The first-order chi connectivity index (χ1) is 12.2. The van der Waals surface area contributed by atoms with E-state index in [1.165, 1.54) is 6.07 Å². The summed E-state index contributed by atoms with van der Waals surface area (Å²) in [5.74, 6) is 0.607. The van der Waals surface area contributed by atoms with Crippen molar-refractivity contribution >= 4 is 29.9 Å². The van der Waals surface area contributed by atoms with Crippen LogP contribution in [0.5, 0.6) is 0 Å². The first-order valence-electron chi connectivity index (χ1n) is 9.12. The Labute approximate surface area is 172 Å². The number of benzene rings is 1. The Morgan fingerprint density at radius 1 is 1.35 bits per heavy atom. The van der Waals surface area contributed by atoms with Crippen LogP contribution < -0.4 is 10.6 Å². The van der Waals surface area contributed by atoms with Crippen molar-refractivity contribution in [1.29, 1.82) is 0 Å². The fourth-order valence-electron chi connectivity index (χ4n) is 3.29. The second-order valence-electron chi connectivity index (χ2n) is 6.82. The van der Waals surface area contributed by atoms with E-state index in [9.17, 15) is 4.39 Å². The van der Waals surface area contributed by atoms with Gasteiger partial charge in [0.25, 0.3) is 0 Å². The highest BCUT2D eigenvalue weighted by Gasteiger charge is 2.45. The molecule has 1 aromatic rings. The molecule has 0 amide bonds. The molecule has 0 spiro atoms. The van der Waals surface area contributed by atoms with Gasteiger partial charge in [0.15, 0.2) is 5.96 Å². The van der Waals surface area contributed by atoms with E-state index < -0.39 is 0 Å². The van der Waals surface area contributed by atoms with Gasteiger partial charge in [-0.25, -0.2) is 4.39 Å². The molecule has 2 N–H and O–H groups in total. The van der Waals surface area contributed by atoms with Crippen LogP contribution in [0.4, 0.5) is 4.39 Å². The molecule has 1 heterocycles. The first-order valence-corrected chi connectivity index (χ1v) is 9.12. The number of rotatable bonds is 8. The quantitative estimate of drug-likeness (QED) is 0.262. The first kappa shape index (κ1) is 21.4. The van der Waals surface area contributed by atoms with Crippen molar-refractivity contribution < 1.29 is 13.9 Å². The number of hydrogen-bond donors (Lipinski definition) is 2. The lowest BCUT2D eigenvalue weighted by Crippen LogP contribution is -2.42. The fraction of sp³-hybridized carbons (Fsp3) is 0.632. The SMILES string of the molecule is CN=C(NCCOCC1CCCO1)NCC1(c2ccccc2F)CC1.I. The van der Waals surface area contributed by atoms with Gasteiger partial charge in [-0.3, -0.25) is 4.99 Å². The topological polar surface area (TPSA) is 54.9 Å². The number of hydrogen-bond acceptors (Lipinski definition) is 3. The van der Waals surface area contributed by atoms with E-state index in [0.29, 0.717) is 26.3 Å². The van der Waals surface area contributed by atoms with E-state index in [2.05, 4.69) is 15.6 Å². The molecule has 1 saturated carbocycles. The maximum atomic E-state index is 14.0. The standard InChI is InChI=1S/C19H28FN3O2.HI/c1-21-18(22-10-12-24-13-15-5-4-11-25-15)23-14-19(8-9-19)16-6-2-3-7-17(16)20;/h2-3,6-7,15H,4-5,8-14H2,1H3,(H2,21,22,23);1H. The van der Waals surface area contributed by atoms with E-state index in [0.717, 1.165) is 43.8 Å². The molecule has 2 fully saturated rings. The molecule has 1 unspecified atom stereocenters. The Balaban J connectivity index is 0.00000243. The monoisotopic (exact) mass is 477 g/mol. The average molecular weight is 477 g/mol. The van der Waals surface area contributed by atoms with Gasteiger partial charge in [-0.2, -0.15) is 0 Å². The highest BCUT2D eigenvalue weighted by Crippen LogP contribution is 2.48. The Kier molecular flexibility index (Phi) is 8.56. The van der Waals surface area contributed by atoms with Crippen molar-refractivity contribution in [3.05, 3.63) is 35.6 Å². The molecule has 1 atom stereocenters. The third-order valence-corrected chi connectivity index (χ3v) is 4.98. The van der Waals surface area contributed by atoms with E-state index in [1.54, 1.807) is 13.1 Å². The molecule has 3 rings (SSSR count). The molecule has 1 aliphatic carbocycles. The van der Waals surface area contributed by atoms with Gasteiger partial charge in [-0.1, -0.05) is 18.2 Å². The lowest BCUT2D eigenvalue weighted by molar-refractivity contribution is 0.0191. The molecule has 0 bridgehead atoms. The maximum absolute atomic E-state index is 14.0. The molecule has 0 radical (unpaired) electrons. The zero-order valence-electron chi connectivity index (χ0n) is 15.3. The summed E-state index contributed by atoms with van der Waals surface area (Å²) in [5, 5.41) is 6.56. The van der Waals surface area contributed by atoms with E-state index in [4.69, 9.17) is 9.47 Å². The molecule has 0 aromatic heterocycles. The van der Waals surface area contributed by atoms with Crippen LogP contribution >= 0.6 is 24.0 Å². The van der Waals surface area contributed by atoms with Crippen LogP contribution in [0, 0.1) is 5.82 Å². The number of halogens is 2. The van der Waals surface area contributed by atoms with E-state index in [1.807, 2.05) is 12.1 Å². The lowest BCUT2D eigenvalue weighted by Gasteiger charge is -2.19. The van der Waals surface area contributed by atoms with Crippen molar-refractivity contribution in [2.75, 3.05) is 40.0 Å². The molecule has 146 valence electrons. The number of ether oxygens (including phenoxy) is 2. The van der Waals surface area contributed by atoms with Crippen LogP contribution in [0.25, 0.3) is 0 Å². The molecule has 1 aromatic carbocycles. The van der Waals surface area contributed by atoms with Crippen molar-refractivity contribution in [2.45, 2.75) is 37.2 Å². The molecular formula is C19H29FIN3O2. The van der Waals surface area contributed by atoms with Crippen LogP contribution in [0.2, 0.25) is 0 Å². The molecule has 26 heavy (non-hydrogen) atoms. The van der Waals surface area contributed by atoms with Gasteiger partial charge in [0.2, 0.25) is 0 Å². The normalized spacial score (nSPS) is 21.2. The van der Waals surface area contributed by atoms with E-state index in [-0.39, 0.29) is 41.3 Å². The summed E-state index contributed by atoms with van der Waals surface area (Å²) in [6.45, 7) is 3.49. The minimum absolute atomic E-state index is 0. The van der Waals surface area contributed by atoms with Crippen molar-refractivity contribution in [3.63, 3.8) is 0 Å². The van der Waals surface area contributed by atoms with Crippen LogP contribution in [0.3, 0.4) is 0 Å². The zero-order chi connectivity index (χ0) is 17.5. The summed E-state index contributed by atoms with van der Waals surface area (Å²) >= 11 is 0. The third-order valence-electron chi connectivity index (χ3n) is 4.98. The second-order valence-corrected chi connectivity index (χ2v) is 6.82. The minimum atomic E-state index is -0.118. The third kappa shape index (κ3) is 5.79. The Morgan fingerprint density at radius 3 is 2.81 bits per heavy atom. The van der Waals surface area contributed by atoms with Gasteiger partial charge >= 0.3 is 0 Å². The van der Waals surface area contributed by atoms with Crippen LogP contribution in [0.1, 0.15) is 31.2 Å². The second kappa shape index (κ2) is 10.4. The summed E-state index contributed by atoms with van der Waals surface area (Å²) in [4.78, 5) is 4.23. The number of guanidine groups is 1. The molecule has 2 aliphatic rings. The molecule has 1 saturated heterocycles. The minimum Gasteiger partial charge on any atom is -0.377 e.